The van der Waals surface area contributed by atoms with Gasteiger partial charge in [0, 0.05) is 6.54 Å². The Labute approximate surface area is 101 Å². The molecule has 17 heavy (non-hydrogen) atoms. The number of methoxy groups -OCH3 is 1. The van der Waals surface area contributed by atoms with E-state index >= 15 is 0 Å². The second-order valence-corrected chi connectivity index (χ2v) is 4.31. The molecule has 1 saturated carbocycles. The van der Waals surface area contributed by atoms with Crippen LogP contribution in [0.25, 0.3) is 0 Å². The largest absolute Gasteiger partial charge is 0.464 e. The van der Waals surface area contributed by atoms with Crippen LogP contribution in [0.1, 0.15) is 36.2 Å². The van der Waals surface area contributed by atoms with Gasteiger partial charge in [-0.1, -0.05) is 12.8 Å². The van der Waals surface area contributed by atoms with E-state index in [1.165, 1.54) is 39.0 Å². The molecule has 0 spiro atoms. The summed E-state index contributed by atoms with van der Waals surface area (Å²) in [6.45, 7) is 0.902. The Morgan fingerprint density at radius 2 is 2.24 bits per heavy atom. The molecule has 5 heteroatoms. The Bertz CT molecular complexity index is 389. The van der Waals surface area contributed by atoms with Crippen LogP contribution in [0, 0.1) is 5.92 Å². The van der Waals surface area contributed by atoms with E-state index < -0.39 is 5.97 Å². The van der Waals surface area contributed by atoms with Crippen molar-refractivity contribution in [1.82, 2.24) is 9.97 Å². The lowest BCUT2D eigenvalue weighted by Gasteiger charge is -2.10. The molecule has 0 atom stereocenters. The number of ether oxygens (including phenoxy) is 1. The highest BCUT2D eigenvalue weighted by Gasteiger charge is 2.15. The minimum atomic E-state index is -0.456. The maximum atomic E-state index is 11.3. The van der Waals surface area contributed by atoms with Crippen molar-refractivity contribution in [3.8, 4) is 0 Å². The predicted molar refractivity (Wildman–Crippen MR) is 63.8 cm³/mol. The maximum absolute atomic E-state index is 11.3. The van der Waals surface area contributed by atoms with E-state index in [-0.39, 0.29) is 5.69 Å². The second kappa shape index (κ2) is 5.61. The van der Waals surface area contributed by atoms with Crippen molar-refractivity contribution in [2.45, 2.75) is 25.7 Å². The van der Waals surface area contributed by atoms with E-state index in [0.29, 0.717) is 5.82 Å². The van der Waals surface area contributed by atoms with Crippen LogP contribution >= 0.6 is 0 Å². The number of anilines is 1. The number of carbonyl (C=O) groups excluding carboxylic acids is 1. The summed E-state index contributed by atoms with van der Waals surface area (Å²) in [4.78, 5) is 19.4. The first-order chi connectivity index (χ1) is 8.29. The van der Waals surface area contributed by atoms with Crippen molar-refractivity contribution in [3.63, 3.8) is 0 Å². The molecule has 0 amide bonds. The van der Waals surface area contributed by atoms with Crippen LogP contribution < -0.4 is 5.32 Å². The van der Waals surface area contributed by atoms with E-state index in [1.807, 2.05) is 0 Å². The average molecular weight is 235 g/mol. The Kier molecular flexibility index (Phi) is 3.90. The quantitative estimate of drug-likeness (QED) is 0.807. The van der Waals surface area contributed by atoms with Crippen LogP contribution in [0.4, 0.5) is 5.82 Å². The van der Waals surface area contributed by atoms with Gasteiger partial charge in [0.1, 0.15) is 5.82 Å². The zero-order valence-electron chi connectivity index (χ0n) is 9.98. The van der Waals surface area contributed by atoms with Gasteiger partial charge in [0.05, 0.1) is 19.5 Å². The number of nitrogens with one attached hydrogen (secondary N) is 1. The van der Waals surface area contributed by atoms with Crippen LogP contribution in [0.3, 0.4) is 0 Å². The molecule has 5 nitrogen and oxygen atoms in total. The molecule has 0 aromatic carbocycles. The van der Waals surface area contributed by atoms with Crippen LogP contribution in [0.2, 0.25) is 0 Å². The zero-order chi connectivity index (χ0) is 12.1. The molecule has 0 aliphatic heterocycles. The van der Waals surface area contributed by atoms with Crippen LogP contribution in [0.5, 0.6) is 0 Å². The average Bonchev–Trinajstić information content (AvgIpc) is 2.89. The van der Waals surface area contributed by atoms with Crippen molar-refractivity contribution >= 4 is 11.8 Å². The highest BCUT2D eigenvalue weighted by molar-refractivity contribution is 5.87. The number of nitrogens with zero attached hydrogens (tertiary/aromatic N) is 2. The number of hydrogen-bond donors (Lipinski definition) is 1. The van der Waals surface area contributed by atoms with Gasteiger partial charge >= 0.3 is 5.97 Å². The van der Waals surface area contributed by atoms with E-state index in [1.54, 1.807) is 6.20 Å². The molecular weight excluding hydrogens is 218 g/mol. The van der Waals surface area contributed by atoms with Gasteiger partial charge in [-0.3, -0.25) is 4.98 Å². The van der Waals surface area contributed by atoms with E-state index in [9.17, 15) is 4.79 Å². The van der Waals surface area contributed by atoms with Gasteiger partial charge in [-0.15, -0.1) is 0 Å². The van der Waals surface area contributed by atoms with Crippen molar-refractivity contribution in [1.29, 1.82) is 0 Å². The maximum Gasteiger partial charge on any atom is 0.358 e. The number of hydrogen-bond acceptors (Lipinski definition) is 5. The number of esters is 1. The fourth-order valence-corrected chi connectivity index (χ4v) is 2.12. The van der Waals surface area contributed by atoms with Gasteiger partial charge in [-0.2, -0.15) is 0 Å². The third-order valence-electron chi connectivity index (χ3n) is 3.08. The summed E-state index contributed by atoms with van der Waals surface area (Å²) in [6, 6.07) is 0. The van der Waals surface area contributed by atoms with Crippen LogP contribution in [-0.2, 0) is 4.74 Å². The molecule has 0 unspecified atom stereocenters. The molecule has 1 aromatic rings. The second-order valence-electron chi connectivity index (χ2n) is 4.31. The fourth-order valence-electron chi connectivity index (χ4n) is 2.12. The molecule has 92 valence electrons. The summed E-state index contributed by atoms with van der Waals surface area (Å²) in [6.07, 6.45) is 8.22. The van der Waals surface area contributed by atoms with E-state index in [4.69, 9.17) is 0 Å². The lowest BCUT2D eigenvalue weighted by molar-refractivity contribution is 0.0593. The van der Waals surface area contributed by atoms with Gasteiger partial charge in [-0.05, 0) is 18.8 Å². The van der Waals surface area contributed by atoms with Crippen molar-refractivity contribution in [2.75, 3.05) is 19.0 Å². The Balaban J connectivity index is 1.93. The minimum Gasteiger partial charge on any atom is -0.464 e. The lowest BCUT2D eigenvalue weighted by atomic mass is 10.1. The first-order valence-electron chi connectivity index (χ1n) is 5.94. The summed E-state index contributed by atoms with van der Waals surface area (Å²) in [7, 11) is 1.34. The zero-order valence-corrected chi connectivity index (χ0v) is 9.98. The third-order valence-corrected chi connectivity index (χ3v) is 3.08. The smallest absolute Gasteiger partial charge is 0.358 e. The molecule has 0 bridgehead atoms. The molecule has 1 heterocycles. The highest BCUT2D eigenvalue weighted by Crippen LogP contribution is 2.24. The Hall–Kier alpha value is -1.65. The molecule has 1 aliphatic carbocycles. The molecule has 2 rings (SSSR count). The van der Waals surface area contributed by atoms with Crippen molar-refractivity contribution in [2.24, 2.45) is 5.92 Å². The molecule has 0 radical (unpaired) electrons. The molecule has 0 saturated heterocycles. The van der Waals surface area contributed by atoms with Crippen LogP contribution in [-0.4, -0.2) is 29.6 Å². The summed E-state index contributed by atoms with van der Waals surface area (Å²) in [5.74, 6) is 0.903. The third kappa shape index (κ3) is 3.15. The van der Waals surface area contributed by atoms with Crippen molar-refractivity contribution < 1.29 is 9.53 Å². The molecule has 1 aliphatic rings. The fraction of sp³-hybridized carbons (Fsp3) is 0.583. The summed E-state index contributed by atoms with van der Waals surface area (Å²) in [5, 5.41) is 3.22. The van der Waals surface area contributed by atoms with Crippen LogP contribution in [0.15, 0.2) is 12.4 Å². The summed E-state index contributed by atoms with van der Waals surface area (Å²) >= 11 is 0. The molecule has 1 N–H and O–H groups in total. The van der Waals surface area contributed by atoms with Gasteiger partial charge in [-0.25, -0.2) is 9.78 Å². The first kappa shape index (κ1) is 11.8. The first-order valence-corrected chi connectivity index (χ1v) is 5.94. The molecule has 1 fully saturated rings. The summed E-state index contributed by atoms with van der Waals surface area (Å²) in [5.41, 5.74) is 0.240. The summed E-state index contributed by atoms with van der Waals surface area (Å²) < 4.78 is 4.60. The molecule has 1 aromatic heterocycles. The number of aromatic nitrogens is 2. The van der Waals surface area contributed by atoms with E-state index in [0.717, 1.165) is 12.5 Å². The van der Waals surface area contributed by atoms with Gasteiger partial charge in [0.25, 0.3) is 0 Å². The van der Waals surface area contributed by atoms with Gasteiger partial charge in [0.2, 0.25) is 0 Å². The van der Waals surface area contributed by atoms with E-state index in [2.05, 4.69) is 20.0 Å². The normalized spacial score (nSPS) is 15.8. The Morgan fingerprint density at radius 3 is 2.94 bits per heavy atom. The van der Waals surface area contributed by atoms with Crippen molar-refractivity contribution in [3.05, 3.63) is 18.1 Å². The SMILES string of the molecule is COC(=O)c1cncc(NCC2CCCC2)n1. The Morgan fingerprint density at radius 1 is 1.47 bits per heavy atom. The lowest BCUT2D eigenvalue weighted by Crippen LogP contribution is -2.14. The predicted octanol–water partition coefficient (Wildman–Crippen LogP) is 1.87. The monoisotopic (exact) mass is 235 g/mol. The standard InChI is InChI=1S/C12H17N3O2/c1-17-12(16)10-7-13-8-11(15-10)14-6-9-4-2-3-5-9/h7-9H,2-6H2,1H3,(H,14,15). The molecular formula is C12H17N3O2. The topological polar surface area (TPSA) is 64.1 Å². The minimum absolute atomic E-state index is 0.240. The van der Waals surface area contributed by atoms with Gasteiger partial charge in [0.15, 0.2) is 5.69 Å². The number of carbonyl (C=O) groups is 1. The highest BCUT2D eigenvalue weighted by atomic mass is 16.5. The van der Waals surface area contributed by atoms with Gasteiger partial charge < -0.3 is 10.1 Å². The number of rotatable bonds is 4.